The van der Waals surface area contributed by atoms with E-state index in [4.69, 9.17) is 23.2 Å². The molecular formula is C35H31Cl2F3N4O6S3. The van der Waals surface area contributed by atoms with Crippen molar-refractivity contribution in [1.82, 2.24) is 9.97 Å². The number of alkyl halides is 3. The predicted molar refractivity (Wildman–Crippen MR) is 199 cm³/mol. The number of hydrogen-bond acceptors (Lipinski definition) is 9. The summed E-state index contributed by atoms with van der Waals surface area (Å²) in [6, 6.07) is 18.4. The average molecular weight is 828 g/mol. The van der Waals surface area contributed by atoms with Crippen LogP contribution in [-0.4, -0.2) is 48.1 Å². The van der Waals surface area contributed by atoms with Gasteiger partial charge in [-0.15, -0.1) is 11.3 Å². The molecule has 0 aliphatic rings. The third-order valence-electron chi connectivity index (χ3n) is 7.86. The summed E-state index contributed by atoms with van der Waals surface area (Å²) in [4.78, 5) is 33.4. The number of sulfone groups is 2. The lowest BCUT2D eigenvalue weighted by Crippen LogP contribution is -2.44. The number of nitrogens with zero attached hydrogens (tertiary/aromatic N) is 2. The quantitative estimate of drug-likeness (QED) is 0.150. The minimum Gasteiger partial charge on any atom is -0.325 e. The molecule has 2 amide bonds. The lowest BCUT2D eigenvalue weighted by molar-refractivity contribution is -0.137. The van der Waals surface area contributed by atoms with Gasteiger partial charge in [0.1, 0.15) is 9.49 Å². The van der Waals surface area contributed by atoms with Crippen LogP contribution in [0.25, 0.3) is 11.3 Å². The summed E-state index contributed by atoms with van der Waals surface area (Å²) >= 11 is 12.8. The third-order valence-corrected chi connectivity index (χ3v) is 14.0. The lowest BCUT2D eigenvalue weighted by Gasteiger charge is -2.24. The van der Waals surface area contributed by atoms with Crippen molar-refractivity contribution >= 4 is 76.8 Å². The maximum absolute atomic E-state index is 12.9. The number of anilines is 2. The molecule has 0 fully saturated rings. The summed E-state index contributed by atoms with van der Waals surface area (Å²) in [7, 11) is -7.98. The molecule has 10 nitrogen and oxygen atoms in total. The normalized spacial score (nSPS) is 12.3. The van der Waals surface area contributed by atoms with Crippen LogP contribution < -0.4 is 10.6 Å². The molecule has 280 valence electrons. The second-order valence-electron chi connectivity index (χ2n) is 12.2. The first-order valence-electron chi connectivity index (χ1n) is 15.2. The van der Waals surface area contributed by atoms with Gasteiger partial charge in [-0.2, -0.15) is 13.2 Å². The highest BCUT2D eigenvalue weighted by molar-refractivity contribution is 7.94. The highest BCUT2D eigenvalue weighted by Crippen LogP contribution is 2.32. The number of carbonyl (C=O) groups is 2. The van der Waals surface area contributed by atoms with Gasteiger partial charge in [0.2, 0.25) is 11.8 Å². The number of rotatable bonds is 9. The Morgan fingerprint density at radius 2 is 1.09 bits per heavy atom. The van der Waals surface area contributed by atoms with Crippen molar-refractivity contribution < 1.29 is 39.6 Å². The molecule has 0 saturated heterocycles. The first kappa shape index (κ1) is 41.4. The standard InChI is InChI=1S/C18H16ClN3O3S2.C17H15ClF3NO3S/c1-18(2,27(24,25)14-5-3-13(19)4-6-14)16(23)22-17-21-15(11-26-17)12-7-9-20-10-8-12;1-16(2,26(24,25)14-9-5-12(18)6-10-14)15(23)22-13-7-3-11(4-8-13)17(19,20)21/h3-11H,1-2H3,(H,21,22,23);3-10H,1-2H3,(H,22,23). The van der Waals surface area contributed by atoms with Crippen LogP contribution in [0.2, 0.25) is 10.0 Å². The maximum atomic E-state index is 12.9. The summed E-state index contributed by atoms with van der Waals surface area (Å²) in [5.74, 6) is -1.53. The van der Waals surface area contributed by atoms with Crippen molar-refractivity contribution in [3.8, 4) is 11.3 Å². The van der Waals surface area contributed by atoms with Crippen molar-refractivity contribution in [1.29, 1.82) is 0 Å². The van der Waals surface area contributed by atoms with Gasteiger partial charge in [-0.05, 0) is 113 Å². The molecule has 0 saturated carbocycles. The van der Waals surface area contributed by atoms with E-state index < -0.39 is 52.7 Å². The van der Waals surface area contributed by atoms with Gasteiger partial charge in [0.25, 0.3) is 0 Å². The topological polar surface area (TPSA) is 152 Å². The average Bonchev–Trinajstić information content (AvgIpc) is 3.57. The largest absolute Gasteiger partial charge is 0.416 e. The van der Waals surface area contributed by atoms with Crippen LogP contribution in [-0.2, 0) is 35.4 Å². The van der Waals surface area contributed by atoms with E-state index in [0.717, 1.165) is 29.8 Å². The summed E-state index contributed by atoms with van der Waals surface area (Å²) in [5, 5.41) is 7.81. The van der Waals surface area contributed by atoms with Gasteiger partial charge in [0.05, 0.1) is 21.0 Å². The Bertz CT molecular complexity index is 2300. The minimum atomic E-state index is -4.50. The van der Waals surface area contributed by atoms with Crippen LogP contribution >= 0.6 is 34.5 Å². The van der Waals surface area contributed by atoms with E-state index >= 15 is 0 Å². The summed E-state index contributed by atoms with van der Waals surface area (Å²) in [6.45, 7) is 5.17. The van der Waals surface area contributed by atoms with Crippen molar-refractivity contribution in [3.05, 3.63) is 118 Å². The van der Waals surface area contributed by atoms with Gasteiger partial charge in [-0.3, -0.25) is 14.6 Å². The monoisotopic (exact) mass is 826 g/mol. The van der Waals surface area contributed by atoms with Crippen molar-refractivity contribution in [3.63, 3.8) is 0 Å². The van der Waals surface area contributed by atoms with Crippen LogP contribution in [0.1, 0.15) is 33.3 Å². The Morgan fingerprint density at radius 1 is 0.660 bits per heavy atom. The molecule has 53 heavy (non-hydrogen) atoms. The molecule has 0 atom stereocenters. The summed E-state index contributed by atoms with van der Waals surface area (Å²) < 4.78 is 85.4. The molecule has 0 aliphatic carbocycles. The van der Waals surface area contributed by atoms with Crippen LogP contribution in [0.4, 0.5) is 24.0 Å². The highest BCUT2D eigenvalue weighted by Gasteiger charge is 2.44. The first-order valence-corrected chi connectivity index (χ1v) is 19.8. The number of hydrogen-bond donors (Lipinski definition) is 2. The van der Waals surface area contributed by atoms with E-state index in [1.54, 1.807) is 29.9 Å². The number of thiazole rings is 1. The molecule has 2 N–H and O–H groups in total. The fraction of sp³-hybridized carbons (Fsp3) is 0.200. The Hall–Kier alpha value is -4.35. The van der Waals surface area contributed by atoms with E-state index in [1.807, 2.05) is 0 Å². The zero-order chi connectivity index (χ0) is 39.4. The molecule has 3 aromatic carbocycles. The van der Waals surface area contributed by atoms with Gasteiger partial charge in [-0.1, -0.05) is 23.2 Å². The van der Waals surface area contributed by atoms with Gasteiger partial charge < -0.3 is 10.6 Å². The molecule has 0 spiro atoms. The molecule has 5 aromatic rings. The van der Waals surface area contributed by atoms with Crippen LogP contribution in [0.3, 0.4) is 0 Å². The molecule has 18 heteroatoms. The van der Waals surface area contributed by atoms with Gasteiger partial charge in [0, 0.05) is 39.1 Å². The molecule has 0 aliphatic heterocycles. The van der Waals surface area contributed by atoms with E-state index in [0.29, 0.717) is 20.9 Å². The molecule has 0 unspecified atom stereocenters. The molecular weight excluding hydrogens is 797 g/mol. The summed E-state index contributed by atoms with van der Waals surface area (Å²) in [5.41, 5.74) is 0.719. The zero-order valence-corrected chi connectivity index (χ0v) is 32.2. The maximum Gasteiger partial charge on any atom is 0.416 e. The Balaban J connectivity index is 0.000000237. The second kappa shape index (κ2) is 15.9. The summed E-state index contributed by atoms with van der Waals surface area (Å²) in [6.07, 6.45) is -1.21. The fourth-order valence-corrected chi connectivity index (χ4v) is 8.04. The van der Waals surface area contributed by atoms with Crippen molar-refractivity contribution in [2.24, 2.45) is 0 Å². The zero-order valence-electron chi connectivity index (χ0n) is 28.3. The smallest absolute Gasteiger partial charge is 0.325 e. The number of halogens is 5. The lowest BCUT2D eigenvalue weighted by atomic mass is 10.1. The first-order chi connectivity index (χ1) is 24.6. The highest BCUT2D eigenvalue weighted by atomic mass is 35.5. The van der Waals surface area contributed by atoms with E-state index in [9.17, 15) is 39.6 Å². The van der Waals surface area contributed by atoms with Crippen molar-refractivity contribution in [2.75, 3.05) is 10.6 Å². The SMILES string of the molecule is CC(C)(C(=O)Nc1ccc(C(F)(F)F)cc1)S(=O)(=O)c1ccc(Cl)cc1.CC(C)(C(=O)Nc1nc(-c2ccncc2)cs1)S(=O)(=O)c1ccc(Cl)cc1. The second-order valence-corrected chi connectivity index (χ2v) is 18.9. The van der Waals surface area contributed by atoms with Crippen LogP contribution in [0, 0.1) is 0 Å². The molecule has 0 radical (unpaired) electrons. The third kappa shape index (κ3) is 9.42. The minimum absolute atomic E-state index is 0.0312. The van der Waals surface area contributed by atoms with Gasteiger partial charge >= 0.3 is 6.18 Å². The fourth-order valence-electron chi connectivity index (χ4n) is 4.32. The number of amides is 2. The van der Waals surface area contributed by atoms with Crippen molar-refractivity contribution in [2.45, 2.75) is 53.2 Å². The Morgan fingerprint density at radius 3 is 1.53 bits per heavy atom. The Kier molecular flexibility index (Phi) is 12.5. The Labute approximate surface area is 318 Å². The van der Waals surface area contributed by atoms with Crippen LogP contribution in [0.5, 0.6) is 0 Å². The van der Waals surface area contributed by atoms with Crippen LogP contribution in [0.15, 0.2) is 112 Å². The molecule has 2 heterocycles. The number of benzene rings is 3. The van der Waals surface area contributed by atoms with E-state index in [-0.39, 0.29) is 15.5 Å². The number of pyridine rings is 1. The van der Waals surface area contributed by atoms with E-state index in [2.05, 4.69) is 20.6 Å². The predicted octanol–water partition coefficient (Wildman–Crippen LogP) is 8.60. The molecule has 0 bridgehead atoms. The number of carbonyl (C=O) groups excluding carboxylic acids is 2. The number of aromatic nitrogens is 2. The van der Waals surface area contributed by atoms with Gasteiger partial charge in [-0.25, -0.2) is 21.8 Å². The van der Waals surface area contributed by atoms with Gasteiger partial charge in [0.15, 0.2) is 24.8 Å². The number of nitrogens with one attached hydrogen (secondary N) is 2. The molecule has 5 rings (SSSR count). The van der Waals surface area contributed by atoms with E-state index in [1.165, 1.54) is 87.6 Å². The molecule has 2 aromatic heterocycles.